The van der Waals surface area contributed by atoms with E-state index >= 15 is 0 Å². The second-order valence-corrected chi connectivity index (χ2v) is 3.48. The topological polar surface area (TPSA) is 31.4 Å². The smallest absolute Gasteiger partial charge is 0.218 e. The van der Waals surface area contributed by atoms with Crippen molar-refractivity contribution in [3.63, 3.8) is 0 Å². The van der Waals surface area contributed by atoms with Crippen LogP contribution in [0.2, 0.25) is 0 Å². The molecule has 0 bridgehead atoms. The first kappa shape index (κ1) is 13.2. The zero-order chi connectivity index (χ0) is 11.8. The maximum Gasteiger partial charge on any atom is 0.218 e. The molecule has 1 aromatic heterocycles. The normalized spacial score (nSPS) is 10.4. The van der Waals surface area contributed by atoms with Crippen LogP contribution in [0.1, 0.15) is 18.9 Å². The zero-order valence-electron chi connectivity index (χ0n) is 9.21. The maximum atomic E-state index is 12.8. The number of alkyl halides is 1. The molecule has 1 rings (SSSR count). The first-order chi connectivity index (χ1) is 7.77. The summed E-state index contributed by atoms with van der Waals surface area (Å²) in [6.45, 7) is 3.63. The quantitative estimate of drug-likeness (QED) is 0.548. The molecule has 1 heterocycles. The van der Waals surface area contributed by atoms with E-state index in [0.717, 1.165) is 12.6 Å². The molecule has 0 fully saturated rings. The molecule has 0 aromatic carbocycles. The number of aromatic nitrogens is 1. The summed E-state index contributed by atoms with van der Waals surface area (Å²) in [6.07, 6.45) is 2.08. The number of nitrogens with zero attached hydrogens (tertiary/aromatic N) is 1. The van der Waals surface area contributed by atoms with Crippen LogP contribution in [0.15, 0.2) is 12.3 Å². The van der Waals surface area contributed by atoms with Crippen LogP contribution >= 0.6 is 11.6 Å². The van der Waals surface area contributed by atoms with Crippen LogP contribution in [0.25, 0.3) is 0 Å². The first-order valence-electron chi connectivity index (χ1n) is 5.18. The van der Waals surface area contributed by atoms with Crippen LogP contribution in [0.4, 0.5) is 4.39 Å². The van der Waals surface area contributed by atoms with Crippen molar-refractivity contribution in [3.05, 3.63) is 23.6 Å². The third-order valence-corrected chi connectivity index (χ3v) is 2.14. The van der Waals surface area contributed by atoms with Gasteiger partial charge in [-0.05, 0) is 12.5 Å². The molecule has 5 heteroatoms. The molecule has 0 saturated carbocycles. The Morgan fingerprint density at radius 1 is 1.38 bits per heavy atom. The fourth-order valence-corrected chi connectivity index (χ4v) is 1.33. The van der Waals surface area contributed by atoms with Crippen molar-refractivity contribution in [2.45, 2.75) is 19.2 Å². The summed E-state index contributed by atoms with van der Waals surface area (Å²) < 4.78 is 23.4. The standard InChI is InChI=1S/C11H15ClFNO2/c1-2-3-15-4-5-16-11-9(7-12)6-10(13)8-14-11/h6,8H,2-5,7H2,1H3. The van der Waals surface area contributed by atoms with Gasteiger partial charge >= 0.3 is 0 Å². The minimum atomic E-state index is -0.412. The van der Waals surface area contributed by atoms with Crippen molar-refractivity contribution >= 4 is 11.6 Å². The largest absolute Gasteiger partial charge is 0.475 e. The third-order valence-electron chi connectivity index (χ3n) is 1.85. The Labute approximate surface area is 99.5 Å². The van der Waals surface area contributed by atoms with Crippen LogP contribution in [0, 0.1) is 5.82 Å². The fourth-order valence-electron chi connectivity index (χ4n) is 1.14. The summed E-state index contributed by atoms with van der Waals surface area (Å²) in [5.41, 5.74) is 0.553. The SMILES string of the molecule is CCCOCCOc1ncc(F)cc1CCl. The number of rotatable bonds is 7. The van der Waals surface area contributed by atoms with Gasteiger partial charge < -0.3 is 9.47 Å². The van der Waals surface area contributed by atoms with Crippen molar-refractivity contribution in [2.24, 2.45) is 0 Å². The van der Waals surface area contributed by atoms with E-state index in [9.17, 15) is 4.39 Å². The van der Waals surface area contributed by atoms with E-state index in [2.05, 4.69) is 4.98 Å². The average molecular weight is 248 g/mol. The van der Waals surface area contributed by atoms with Crippen LogP contribution < -0.4 is 4.74 Å². The summed E-state index contributed by atoms with van der Waals surface area (Å²) in [7, 11) is 0. The predicted octanol–water partition coefficient (Wildman–Crippen LogP) is 2.76. The summed E-state index contributed by atoms with van der Waals surface area (Å²) in [6, 6.07) is 1.32. The highest BCUT2D eigenvalue weighted by Gasteiger charge is 2.05. The molecule has 0 amide bonds. The number of hydrogen-bond donors (Lipinski definition) is 0. The Kier molecular flexibility index (Phi) is 6.11. The monoisotopic (exact) mass is 247 g/mol. The lowest BCUT2D eigenvalue weighted by Gasteiger charge is -2.08. The van der Waals surface area contributed by atoms with Crippen LogP contribution in [0.5, 0.6) is 5.88 Å². The highest BCUT2D eigenvalue weighted by atomic mass is 35.5. The van der Waals surface area contributed by atoms with Gasteiger partial charge in [-0.15, -0.1) is 11.6 Å². The van der Waals surface area contributed by atoms with E-state index in [1.54, 1.807) is 0 Å². The minimum Gasteiger partial charge on any atom is -0.475 e. The Morgan fingerprint density at radius 3 is 2.88 bits per heavy atom. The molecule has 0 unspecified atom stereocenters. The highest BCUT2D eigenvalue weighted by Crippen LogP contribution is 2.17. The van der Waals surface area contributed by atoms with Gasteiger partial charge in [0.25, 0.3) is 0 Å². The highest BCUT2D eigenvalue weighted by molar-refractivity contribution is 6.17. The molecule has 0 spiro atoms. The van der Waals surface area contributed by atoms with Gasteiger partial charge in [-0.2, -0.15) is 0 Å². The molecule has 0 N–H and O–H groups in total. The molecule has 0 atom stereocenters. The van der Waals surface area contributed by atoms with Gasteiger partial charge in [-0.1, -0.05) is 6.92 Å². The van der Waals surface area contributed by atoms with E-state index in [-0.39, 0.29) is 5.88 Å². The van der Waals surface area contributed by atoms with Crippen LogP contribution in [-0.2, 0) is 10.6 Å². The lowest BCUT2D eigenvalue weighted by molar-refractivity contribution is 0.0986. The second-order valence-electron chi connectivity index (χ2n) is 3.21. The molecule has 0 aliphatic carbocycles. The Morgan fingerprint density at radius 2 is 2.19 bits per heavy atom. The van der Waals surface area contributed by atoms with Gasteiger partial charge in [0.1, 0.15) is 12.4 Å². The van der Waals surface area contributed by atoms with Gasteiger partial charge in [0.2, 0.25) is 5.88 Å². The van der Waals surface area contributed by atoms with Crippen molar-refractivity contribution in [3.8, 4) is 5.88 Å². The van der Waals surface area contributed by atoms with E-state index in [0.29, 0.717) is 31.3 Å². The third kappa shape index (κ3) is 4.33. The maximum absolute atomic E-state index is 12.8. The van der Waals surface area contributed by atoms with Crippen molar-refractivity contribution in [1.29, 1.82) is 0 Å². The molecule has 90 valence electrons. The van der Waals surface area contributed by atoms with Gasteiger partial charge in [-0.25, -0.2) is 9.37 Å². The molecule has 3 nitrogen and oxygen atoms in total. The summed E-state index contributed by atoms with van der Waals surface area (Å²) in [4.78, 5) is 3.83. The Balaban J connectivity index is 2.41. The van der Waals surface area contributed by atoms with Crippen LogP contribution in [0.3, 0.4) is 0 Å². The zero-order valence-corrected chi connectivity index (χ0v) is 9.97. The van der Waals surface area contributed by atoms with Crippen molar-refractivity contribution < 1.29 is 13.9 Å². The summed E-state index contributed by atoms with van der Waals surface area (Å²) in [5.74, 6) is 0.136. The number of hydrogen-bond acceptors (Lipinski definition) is 3. The Hall–Kier alpha value is -0.870. The molecular formula is C11H15ClFNO2. The summed E-state index contributed by atoms with van der Waals surface area (Å²) in [5, 5.41) is 0. The van der Waals surface area contributed by atoms with Crippen molar-refractivity contribution in [1.82, 2.24) is 4.98 Å². The molecule has 1 aromatic rings. The lowest BCUT2D eigenvalue weighted by atomic mass is 10.3. The van der Waals surface area contributed by atoms with E-state index in [4.69, 9.17) is 21.1 Å². The van der Waals surface area contributed by atoms with E-state index in [1.807, 2.05) is 6.92 Å². The minimum absolute atomic E-state index is 0.176. The first-order valence-corrected chi connectivity index (χ1v) is 5.72. The Bertz CT molecular complexity index is 323. The van der Waals surface area contributed by atoms with E-state index in [1.165, 1.54) is 6.07 Å². The molecule has 0 radical (unpaired) electrons. The molecule has 16 heavy (non-hydrogen) atoms. The van der Waals surface area contributed by atoms with Crippen LogP contribution in [-0.4, -0.2) is 24.8 Å². The average Bonchev–Trinajstić information content (AvgIpc) is 2.30. The van der Waals surface area contributed by atoms with Gasteiger partial charge in [0.05, 0.1) is 18.7 Å². The van der Waals surface area contributed by atoms with E-state index < -0.39 is 5.82 Å². The fraction of sp³-hybridized carbons (Fsp3) is 0.545. The van der Waals surface area contributed by atoms with Crippen molar-refractivity contribution in [2.75, 3.05) is 19.8 Å². The van der Waals surface area contributed by atoms with Gasteiger partial charge in [0, 0.05) is 12.2 Å². The molecular weight excluding hydrogens is 233 g/mol. The number of ether oxygens (including phenoxy) is 2. The summed E-state index contributed by atoms with van der Waals surface area (Å²) >= 11 is 5.65. The molecule has 0 saturated heterocycles. The lowest BCUT2D eigenvalue weighted by Crippen LogP contribution is -2.09. The predicted molar refractivity (Wildman–Crippen MR) is 60.4 cm³/mol. The molecule has 0 aliphatic rings. The molecule has 0 aliphatic heterocycles. The van der Waals surface area contributed by atoms with Gasteiger partial charge in [-0.3, -0.25) is 0 Å². The number of halogens is 2. The second kappa shape index (κ2) is 7.41. The number of pyridine rings is 1. The van der Waals surface area contributed by atoms with Gasteiger partial charge in [0.15, 0.2) is 0 Å².